The summed E-state index contributed by atoms with van der Waals surface area (Å²) in [6.45, 7) is 3.10. The average molecular weight is 258 g/mol. The first-order valence-corrected chi connectivity index (χ1v) is 6.84. The lowest BCUT2D eigenvalue weighted by Gasteiger charge is -2.05. The fourth-order valence-corrected chi connectivity index (χ4v) is 2.65. The number of hydrogen-bond donors (Lipinski definition) is 1. The molecule has 18 heavy (non-hydrogen) atoms. The topological polar surface area (TPSA) is 56.7 Å². The molecule has 3 rings (SSSR count). The van der Waals surface area contributed by atoms with Crippen molar-refractivity contribution in [2.24, 2.45) is 0 Å². The Kier molecular flexibility index (Phi) is 2.76. The van der Waals surface area contributed by atoms with Gasteiger partial charge in [0.05, 0.1) is 11.0 Å². The molecule has 1 aromatic carbocycles. The molecule has 2 N–H and O–H groups in total. The van der Waals surface area contributed by atoms with Crippen molar-refractivity contribution in [1.29, 1.82) is 0 Å². The highest BCUT2D eigenvalue weighted by Gasteiger charge is 2.13. The Balaban J connectivity index is 2.24. The summed E-state index contributed by atoms with van der Waals surface area (Å²) in [4.78, 5) is 9.00. The van der Waals surface area contributed by atoms with Crippen molar-refractivity contribution >= 4 is 27.5 Å². The Morgan fingerprint density at radius 3 is 2.83 bits per heavy atom. The summed E-state index contributed by atoms with van der Waals surface area (Å²) < 4.78 is 2.21. The van der Waals surface area contributed by atoms with Crippen LogP contribution < -0.4 is 5.73 Å². The normalized spacial score (nSPS) is 11.2. The summed E-state index contributed by atoms with van der Waals surface area (Å²) in [5.74, 6) is 0.908. The lowest BCUT2D eigenvalue weighted by atomic mass is 10.3. The summed E-state index contributed by atoms with van der Waals surface area (Å²) in [6.07, 6.45) is 1.06. The van der Waals surface area contributed by atoms with Gasteiger partial charge in [-0.25, -0.2) is 9.97 Å². The molecule has 0 radical (unpaired) electrons. The Bertz CT molecular complexity index is 683. The van der Waals surface area contributed by atoms with Crippen molar-refractivity contribution < 1.29 is 0 Å². The number of rotatable bonds is 3. The molecule has 0 unspecified atom stereocenters. The van der Waals surface area contributed by atoms with Gasteiger partial charge in [-0.1, -0.05) is 19.1 Å². The van der Waals surface area contributed by atoms with Gasteiger partial charge in [0.25, 0.3) is 0 Å². The van der Waals surface area contributed by atoms with Crippen molar-refractivity contribution in [3.8, 4) is 11.5 Å². The van der Waals surface area contributed by atoms with Gasteiger partial charge in [-0.05, 0) is 18.6 Å². The summed E-state index contributed by atoms with van der Waals surface area (Å²) in [6, 6.07) is 8.16. The van der Waals surface area contributed by atoms with Crippen molar-refractivity contribution in [3.05, 3.63) is 29.6 Å². The lowest BCUT2D eigenvalue weighted by molar-refractivity contribution is 0.703. The predicted octanol–water partition coefficient (Wildman–Crippen LogP) is 3.15. The summed E-state index contributed by atoms with van der Waals surface area (Å²) >= 11 is 1.45. The predicted molar refractivity (Wildman–Crippen MR) is 75.5 cm³/mol. The second-order valence-corrected chi connectivity index (χ2v) is 5.04. The zero-order chi connectivity index (χ0) is 12.5. The van der Waals surface area contributed by atoms with E-state index in [1.165, 1.54) is 11.3 Å². The minimum Gasteiger partial charge on any atom is -0.375 e. The molecule has 0 spiro atoms. The molecule has 2 heterocycles. The molecule has 0 amide bonds. The van der Waals surface area contributed by atoms with Gasteiger partial charge in [0.15, 0.2) is 11.0 Å². The zero-order valence-corrected chi connectivity index (χ0v) is 10.9. The molecule has 2 aromatic heterocycles. The quantitative estimate of drug-likeness (QED) is 0.785. The molecule has 0 saturated carbocycles. The van der Waals surface area contributed by atoms with E-state index in [0.29, 0.717) is 5.13 Å². The van der Waals surface area contributed by atoms with Crippen LogP contribution in [-0.4, -0.2) is 14.5 Å². The van der Waals surface area contributed by atoms with Crippen LogP contribution in [0.2, 0.25) is 0 Å². The van der Waals surface area contributed by atoms with E-state index in [9.17, 15) is 0 Å². The third-order valence-electron chi connectivity index (χ3n) is 2.85. The number of thiazole rings is 1. The molecule has 0 bridgehead atoms. The van der Waals surface area contributed by atoms with Crippen molar-refractivity contribution in [1.82, 2.24) is 14.5 Å². The first-order valence-electron chi connectivity index (χ1n) is 5.96. The van der Waals surface area contributed by atoms with E-state index in [-0.39, 0.29) is 0 Å². The number of aromatic nitrogens is 3. The largest absolute Gasteiger partial charge is 0.375 e. The molecular formula is C13H14N4S. The molecule has 5 heteroatoms. The number of imidazole rings is 1. The molecule has 0 aliphatic carbocycles. The van der Waals surface area contributed by atoms with Crippen molar-refractivity contribution in [2.45, 2.75) is 19.9 Å². The molecule has 92 valence electrons. The Morgan fingerprint density at radius 2 is 2.11 bits per heavy atom. The number of nitrogens with zero attached hydrogens (tertiary/aromatic N) is 3. The van der Waals surface area contributed by atoms with Crippen LogP contribution in [0.5, 0.6) is 0 Å². The van der Waals surface area contributed by atoms with Crippen LogP contribution in [0, 0.1) is 0 Å². The minimum atomic E-state index is 0.583. The maximum Gasteiger partial charge on any atom is 0.180 e. The van der Waals surface area contributed by atoms with E-state index in [2.05, 4.69) is 27.5 Å². The van der Waals surface area contributed by atoms with Crippen LogP contribution >= 0.6 is 11.3 Å². The van der Waals surface area contributed by atoms with Crippen LogP contribution in [0.3, 0.4) is 0 Å². The van der Waals surface area contributed by atoms with Crippen LogP contribution in [0.15, 0.2) is 29.6 Å². The standard InChI is InChI=1S/C13H14N4S/c1-2-7-17-11-6-4-3-5-9(11)15-12(17)10-8-18-13(14)16-10/h3-6,8H,2,7H2,1H3,(H2,14,16). The van der Waals surface area contributed by atoms with Crippen molar-refractivity contribution in [3.63, 3.8) is 0 Å². The minimum absolute atomic E-state index is 0.583. The van der Waals surface area contributed by atoms with Crippen LogP contribution in [-0.2, 0) is 6.54 Å². The maximum atomic E-state index is 5.70. The number of benzene rings is 1. The SMILES string of the molecule is CCCn1c(-c2csc(N)n2)nc2ccccc21. The fourth-order valence-electron chi connectivity index (χ4n) is 2.11. The van der Waals surface area contributed by atoms with E-state index in [1.807, 2.05) is 23.6 Å². The van der Waals surface area contributed by atoms with Gasteiger partial charge < -0.3 is 10.3 Å². The number of anilines is 1. The van der Waals surface area contributed by atoms with Gasteiger partial charge in [-0.15, -0.1) is 11.3 Å². The third kappa shape index (κ3) is 1.76. The van der Waals surface area contributed by atoms with Gasteiger partial charge in [-0.3, -0.25) is 0 Å². The summed E-state index contributed by atoms with van der Waals surface area (Å²) in [5, 5.41) is 2.54. The lowest BCUT2D eigenvalue weighted by Crippen LogP contribution is -2.00. The molecule has 0 fully saturated rings. The first kappa shape index (κ1) is 11.2. The van der Waals surface area contributed by atoms with E-state index < -0.39 is 0 Å². The second kappa shape index (κ2) is 4.42. The van der Waals surface area contributed by atoms with Gasteiger partial charge in [0.2, 0.25) is 0 Å². The number of aryl methyl sites for hydroxylation is 1. The highest BCUT2D eigenvalue weighted by atomic mass is 32.1. The third-order valence-corrected chi connectivity index (χ3v) is 3.53. The van der Waals surface area contributed by atoms with E-state index in [4.69, 9.17) is 5.73 Å². The number of para-hydroxylation sites is 2. The fraction of sp³-hybridized carbons (Fsp3) is 0.231. The zero-order valence-electron chi connectivity index (χ0n) is 10.1. The highest BCUT2D eigenvalue weighted by Crippen LogP contribution is 2.26. The molecule has 0 atom stereocenters. The maximum absolute atomic E-state index is 5.70. The molecule has 0 saturated heterocycles. The average Bonchev–Trinajstić information content (AvgIpc) is 2.95. The number of hydrogen-bond acceptors (Lipinski definition) is 4. The van der Waals surface area contributed by atoms with Crippen LogP contribution in [0.1, 0.15) is 13.3 Å². The molecular weight excluding hydrogens is 244 g/mol. The van der Waals surface area contributed by atoms with Crippen molar-refractivity contribution in [2.75, 3.05) is 5.73 Å². The summed E-state index contributed by atoms with van der Waals surface area (Å²) in [5.41, 5.74) is 8.73. The smallest absolute Gasteiger partial charge is 0.180 e. The number of nitrogen functional groups attached to an aromatic ring is 1. The van der Waals surface area contributed by atoms with Gasteiger partial charge in [-0.2, -0.15) is 0 Å². The van der Waals surface area contributed by atoms with E-state index in [0.717, 1.165) is 35.5 Å². The highest BCUT2D eigenvalue weighted by molar-refractivity contribution is 7.13. The monoisotopic (exact) mass is 258 g/mol. The molecule has 3 aromatic rings. The molecule has 0 aliphatic heterocycles. The second-order valence-electron chi connectivity index (χ2n) is 4.15. The first-order chi connectivity index (χ1) is 8.79. The number of fused-ring (bicyclic) bond motifs is 1. The Morgan fingerprint density at radius 1 is 1.28 bits per heavy atom. The Hall–Kier alpha value is -1.88. The Labute approximate surface area is 109 Å². The molecule has 0 aliphatic rings. The summed E-state index contributed by atoms with van der Waals surface area (Å²) in [7, 11) is 0. The van der Waals surface area contributed by atoms with E-state index >= 15 is 0 Å². The van der Waals surface area contributed by atoms with Gasteiger partial charge >= 0.3 is 0 Å². The van der Waals surface area contributed by atoms with Gasteiger partial charge in [0, 0.05) is 11.9 Å². The number of nitrogens with two attached hydrogens (primary N) is 1. The van der Waals surface area contributed by atoms with E-state index in [1.54, 1.807) is 0 Å². The van der Waals surface area contributed by atoms with Gasteiger partial charge in [0.1, 0.15) is 5.69 Å². The van der Waals surface area contributed by atoms with Crippen LogP contribution in [0.4, 0.5) is 5.13 Å². The molecule has 4 nitrogen and oxygen atoms in total. The van der Waals surface area contributed by atoms with Crippen LogP contribution in [0.25, 0.3) is 22.6 Å².